The van der Waals surface area contributed by atoms with Crippen molar-refractivity contribution in [2.75, 3.05) is 6.54 Å². The van der Waals surface area contributed by atoms with Crippen LogP contribution in [0.25, 0.3) is 0 Å². The first-order chi connectivity index (χ1) is 29.0. The molecule has 1 unspecified atom stereocenters. The topological polar surface area (TPSA) is 92.7 Å². The van der Waals surface area contributed by atoms with E-state index >= 15 is 0 Å². The van der Waals surface area contributed by atoms with E-state index < -0.39 is 5.97 Å². The molecular weight excluding hydrogens is 731 g/mol. The number of esters is 1. The van der Waals surface area contributed by atoms with Crippen molar-refractivity contribution in [2.45, 2.75) is 315 Å². The second-order valence-electron chi connectivity index (χ2n) is 18.5. The maximum Gasteiger partial charge on any atom is 0.322 e. The minimum absolute atomic E-state index is 0.00324. The highest BCUT2D eigenvalue weighted by Crippen LogP contribution is 2.20. The number of amides is 1. The Balaban J connectivity index is 4.00. The van der Waals surface area contributed by atoms with Gasteiger partial charge < -0.3 is 15.2 Å². The molecule has 1 amide bonds. The number of hydrogen-bond acceptors (Lipinski definition) is 4. The Kier molecular flexibility index (Phi) is 47.7. The number of unbranched alkanes of at least 4 members (excludes halogenated alkanes) is 39. The number of carboxylic acids is 1. The number of aliphatic carboxylic acids is 1. The van der Waals surface area contributed by atoms with Crippen LogP contribution in [0.5, 0.6) is 0 Å². The molecule has 0 bridgehead atoms. The van der Waals surface area contributed by atoms with Gasteiger partial charge in [-0.15, -0.1) is 0 Å². The second-order valence-corrected chi connectivity index (χ2v) is 18.5. The number of carbonyl (C=O) groups excluding carboxylic acids is 2. The number of carbonyl (C=O) groups is 3. The summed E-state index contributed by atoms with van der Waals surface area (Å²) in [7, 11) is 0. The summed E-state index contributed by atoms with van der Waals surface area (Å²) < 4.78 is 6.08. The van der Waals surface area contributed by atoms with Crippen molar-refractivity contribution in [1.82, 2.24) is 5.32 Å². The molecule has 2 N–H and O–H groups in total. The fraction of sp³-hybridized carbons (Fsp3) is 0.943. The van der Waals surface area contributed by atoms with Crippen molar-refractivity contribution in [3.8, 4) is 0 Å². The maximum absolute atomic E-state index is 12.9. The lowest BCUT2D eigenvalue weighted by atomic mass is 10.0. The zero-order valence-corrected chi connectivity index (χ0v) is 39.9. The lowest BCUT2D eigenvalue weighted by Crippen LogP contribution is -2.28. The fourth-order valence-electron chi connectivity index (χ4n) is 8.58. The predicted octanol–water partition coefficient (Wildman–Crippen LogP) is 17.1. The van der Waals surface area contributed by atoms with Crippen molar-refractivity contribution in [3.63, 3.8) is 0 Å². The van der Waals surface area contributed by atoms with Gasteiger partial charge in [0.05, 0.1) is 0 Å². The van der Waals surface area contributed by atoms with Gasteiger partial charge in [-0.05, 0) is 38.5 Å². The van der Waals surface area contributed by atoms with Crippen LogP contribution in [-0.2, 0) is 19.1 Å². The molecule has 0 aliphatic heterocycles. The first kappa shape index (κ1) is 57.4. The molecule has 0 aliphatic rings. The number of ether oxygens (including phenoxy) is 1. The van der Waals surface area contributed by atoms with Gasteiger partial charge in [-0.3, -0.25) is 14.4 Å². The molecule has 0 rings (SSSR count). The lowest BCUT2D eigenvalue weighted by Gasteiger charge is -2.18. The van der Waals surface area contributed by atoms with E-state index in [0.29, 0.717) is 12.8 Å². The third-order valence-electron chi connectivity index (χ3n) is 12.5. The summed E-state index contributed by atoms with van der Waals surface area (Å²) in [4.78, 5) is 35.2. The molecule has 0 saturated carbocycles. The average Bonchev–Trinajstić information content (AvgIpc) is 3.22. The normalized spacial score (nSPS) is 11.9. The van der Waals surface area contributed by atoms with Crippen LogP contribution in [0.3, 0.4) is 0 Å². The second kappa shape index (κ2) is 49.1. The Bertz CT molecular complexity index is 878. The van der Waals surface area contributed by atoms with Gasteiger partial charge in [0, 0.05) is 12.8 Å². The molecule has 350 valence electrons. The molecule has 0 aliphatic carbocycles. The van der Waals surface area contributed by atoms with Crippen LogP contribution in [0.4, 0.5) is 0 Å². The zero-order valence-electron chi connectivity index (χ0n) is 39.9. The first-order valence-electron chi connectivity index (χ1n) is 26.7. The van der Waals surface area contributed by atoms with Crippen LogP contribution in [0, 0.1) is 0 Å². The average molecular weight is 834 g/mol. The summed E-state index contributed by atoms with van der Waals surface area (Å²) in [6, 6.07) is 0. The Hall–Kier alpha value is -1.59. The number of carboxylic acid groups (broad SMARTS) is 1. The van der Waals surface area contributed by atoms with Crippen molar-refractivity contribution < 1.29 is 24.2 Å². The number of nitrogens with one attached hydrogen (secondary N) is 1. The van der Waals surface area contributed by atoms with Crippen LogP contribution in [0.2, 0.25) is 0 Å². The molecular formula is C53H103NO5. The monoisotopic (exact) mass is 834 g/mol. The largest absolute Gasteiger partial charge is 0.480 e. The van der Waals surface area contributed by atoms with Crippen molar-refractivity contribution in [2.24, 2.45) is 0 Å². The van der Waals surface area contributed by atoms with Gasteiger partial charge in [0.1, 0.15) is 12.6 Å². The SMILES string of the molecule is CCCCCCCCCCCCCCCCCCCCCCCCC(=O)OC(CCCCCCCCCCCCCCCCC)CCCCCCCC(=O)NCC(=O)O. The molecule has 6 nitrogen and oxygen atoms in total. The Morgan fingerprint density at radius 3 is 0.915 bits per heavy atom. The Labute approximate surface area is 368 Å². The molecule has 0 spiro atoms. The molecule has 0 aromatic heterocycles. The van der Waals surface area contributed by atoms with Gasteiger partial charge >= 0.3 is 11.9 Å². The minimum atomic E-state index is -1.01. The molecule has 1 atom stereocenters. The fourth-order valence-corrected chi connectivity index (χ4v) is 8.58. The van der Waals surface area contributed by atoms with Crippen LogP contribution in [-0.4, -0.2) is 35.6 Å². The molecule has 0 saturated heterocycles. The van der Waals surface area contributed by atoms with Crippen LogP contribution < -0.4 is 5.32 Å². The number of hydrogen-bond donors (Lipinski definition) is 2. The summed E-state index contributed by atoms with van der Waals surface area (Å²) in [5, 5.41) is 11.1. The highest BCUT2D eigenvalue weighted by molar-refractivity contribution is 5.80. The quantitative estimate of drug-likeness (QED) is 0.0470. The smallest absolute Gasteiger partial charge is 0.322 e. The van der Waals surface area contributed by atoms with Crippen LogP contribution in [0.1, 0.15) is 309 Å². The summed E-state index contributed by atoms with van der Waals surface area (Å²) in [5.41, 5.74) is 0. The standard InChI is InChI=1S/C53H103NO5/c1-3-5-7-9-11-13-15-17-19-20-21-22-23-24-25-27-29-31-33-35-40-44-48-53(58)59-50(46-42-38-36-39-43-47-51(55)54-49-52(56)57)45-41-37-34-32-30-28-26-18-16-14-12-10-8-6-4-2/h50H,3-49H2,1-2H3,(H,54,55)(H,56,57). The maximum atomic E-state index is 12.9. The lowest BCUT2D eigenvalue weighted by molar-refractivity contribution is -0.150. The molecule has 0 aromatic carbocycles. The summed E-state index contributed by atoms with van der Waals surface area (Å²) in [6.07, 6.45) is 58.3. The molecule has 0 fully saturated rings. The first-order valence-corrected chi connectivity index (χ1v) is 26.7. The van der Waals surface area contributed by atoms with Gasteiger partial charge in [0.15, 0.2) is 0 Å². The van der Waals surface area contributed by atoms with E-state index in [0.717, 1.165) is 64.2 Å². The van der Waals surface area contributed by atoms with Crippen LogP contribution in [0.15, 0.2) is 0 Å². The van der Waals surface area contributed by atoms with Crippen molar-refractivity contribution >= 4 is 17.8 Å². The highest BCUT2D eigenvalue weighted by Gasteiger charge is 2.14. The van der Waals surface area contributed by atoms with E-state index in [-0.39, 0.29) is 24.5 Å². The van der Waals surface area contributed by atoms with E-state index in [2.05, 4.69) is 19.2 Å². The van der Waals surface area contributed by atoms with Gasteiger partial charge in [0.25, 0.3) is 0 Å². The van der Waals surface area contributed by atoms with Gasteiger partial charge in [0.2, 0.25) is 5.91 Å². The summed E-state index contributed by atoms with van der Waals surface area (Å²) >= 11 is 0. The predicted molar refractivity (Wildman–Crippen MR) is 254 cm³/mol. The number of rotatable bonds is 50. The summed E-state index contributed by atoms with van der Waals surface area (Å²) in [5.74, 6) is -1.20. The van der Waals surface area contributed by atoms with Gasteiger partial charge in [-0.2, -0.15) is 0 Å². The molecule has 6 heteroatoms. The molecule has 59 heavy (non-hydrogen) atoms. The molecule has 0 heterocycles. The Morgan fingerprint density at radius 2 is 0.627 bits per heavy atom. The highest BCUT2D eigenvalue weighted by atomic mass is 16.5. The van der Waals surface area contributed by atoms with Crippen LogP contribution >= 0.6 is 0 Å². The third-order valence-corrected chi connectivity index (χ3v) is 12.5. The zero-order chi connectivity index (χ0) is 43.0. The van der Waals surface area contributed by atoms with E-state index in [1.54, 1.807) is 0 Å². The molecule has 0 aromatic rings. The van der Waals surface area contributed by atoms with Crippen molar-refractivity contribution in [3.05, 3.63) is 0 Å². The van der Waals surface area contributed by atoms with Gasteiger partial charge in [-0.25, -0.2) is 0 Å². The van der Waals surface area contributed by atoms with E-state index in [4.69, 9.17) is 9.84 Å². The summed E-state index contributed by atoms with van der Waals surface area (Å²) in [6.45, 7) is 4.27. The molecule has 0 radical (unpaired) electrons. The van der Waals surface area contributed by atoms with E-state index in [1.165, 1.54) is 218 Å². The van der Waals surface area contributed by atoms with Gasteiger partial charge in [-0.1, -0.05) is 258 Å². The Morgan fingerprint density at radius 1 is 0.373 bits per heavy atom. The van der Waals surface area contributed by atoms with E-state index in [9.17, 15) is 14.4 Å². The third kappa shape index (κ3) is 48.9. The van der Waals surface area contributed by atoms with Crippen molar-refractivity contribution in [1.29, 1.82) is 0 Å². The van der Waals surface area contributed by atoms with E-state index in [1.807, 2.05) is 0 Å². The minimum Gasteiger partial charge on any atom is -0.480 e.